The van der Waals surface area contributed by atoms with Crippen LogP contribution in [0.3, 0.4) is 0 Å². The number of rotatable bonds is 10. The first kappa shape index (κ1) is 39.9. The Kier molecular flexibility index (Phi) is 12.2. The SMILES string of the molecule is O=C(Oc1ccccc1)Oc1ccc(C2(c3ccc(OC(=O)Oc4ccc(C5(c6ccc(OC(=O)Oc7ccccc7)cc6)CCCCC5)cc4)cc3)CCCCC2)cc1. The van der Waals surface area contributed by atoms with Crippen molar-refractivity contribution in [3.63, 3.8) is 0 Å². The highest BCUT2D eigenvalue weighted by molar-refractivity contribution is 5.69. The lowest BCUT2D eigenvalue weighted by Gasteiger charge is -2.38. The average molecular weight is 803 g/mol. The fourth-order valence-corrected chi connectivity index (χ4v) is 8.78. The second-order valence-electron chi connectivity index (χ2n) is 15.4. The quantitative estimate of drug-likeness (QED) is 0.0988. The summed E-state index contributed by atoms with van der Waals surface area (Å²) < 4.78 is 32.7. The van der Waals surface area contributed by atoms with Crippen LogP contribution < -0.4 is 28.4 Å². The van der Waals surface area contributed by atoms with E-state index in [9.17, 15) is 14.4 Å². The maximum atomic E-state index is 13.0. The summed E-state index contributed by atoms with van der Waals surface area (Å²) in [5, 5.41) is 0. The van der Waals surface area contributed by atoms with Gasteiger partial charge in [0.15, 0.2) is 0 Å². The van der Waals surface area contributed by atoms with Gasteiger partial charge >= 0.3 is 18.5 Å². The molecule has 9 heteroatoms. The molecule has 9 nitrogen and oxygen atoms in total. The number of hydrogen-bond donors (Lipinski definition) is 0. The lowest BCUT2D eigenvalue weighted by atomic mass is 9.65. The highest BCUT2D eigenvalue weighted by Gasteiger charge is 2.37. The summed E-state index contributed by atoms with van der Waals surface area (Å²) in [6.07, 6.45) is 8.13. The number of ether oxygens (including phenoxy) is 6. The summed E-state index contributed by atoms with van der Waals surface area (Å²) in [6, 6.07) is 48.2. The molecular formula is C51H46O9. The maximum Gasteiger partial charge on any atom is 0.519 e. The van der Waals surface area contributed by atoms with E-state index in [2.05, 4.69) is 0 Å². The van der Waals surface area contributed by atoms with E-state index < -0.39 is 18.5 Å². The Morgan fingerprint density at radius 1 is 0.283 bits per heavy atom. The Balaban J connectivity index is 0.893. The summed E-state index contributed by atoms with van der Waals surface area (Å²) in [5.74, 6) is 2.40. The van der Waals surface area contributed by atoms with Gasteiger partial charge in [-0.3, -0.25) is 0 Å². The number of carbonyl (C=O) groups excluding carboxylic acids is 3. The Hall–Kier alpha value is -6.87. The molecule has 0 spiro atoms. The zero-order valence-electron chi connectivity index (χ0n) is 33.3. The highest BCUT2D eigenvalue weighted by Crippen LogP contribution is 2.47. The molecule has 0 bridgehead atoms. The van der Waals surface area contributed by atoms with Gasteiger partial charge in [-0.2, -0.15) is 0 Å². The third kappa shape index (κ3) is 9.37. The molecule has 0 aliphatic heterocycles. The summed E-state index contributed by atoms with van der Waals surface area (Å²) in [7, 11) is 0. The molecule has 0 radical (unpaired) electrons. The van der Waals surface area contributed by atoms with E-state index in [4.69, 9.17) is 28.4 Å². The van der Waals surface area contributed by atoms with E-state index in [-0.39, 0.29) is 10.8 Å². The van der Waals surface area contributed by atoms with Crippen molar-refractivity contribution in [3.05, 3.63) is 180 Å². The van der Waals surface area contributed by atoms with E-state index in [1.54, 1.807) is 72.8 Å². The third-order valence-electron chi connectivity index (χ3n) is 11.7. The number of hydrogen-bond acceptors (Lipinski definition) is 9. The van der Waals surface area contributed by atoms with Gasteiger partial charge in [0.1, 0.15) is 34.5 Å². The van der Waals surface area contributed by atoms with Crippen LogP contribution in [0.4, 0.5) is 14.4 Å². The second-order valence-corrected chi connectivity index (χ2v) is 15.4. The summed E-state index contributed by atoms with van der Waals surface area (Å²) in [6.45, 7) is 0. The first-order chi connectivity index (χ1) is 29.4. The lowest BCUT2D eigenvalue weighted by Crippen LogP contribution is -2.30. The van der Waals surface area contributed by atoms with Gasteiger partial charge in [0.2, 0.25) is 0 Å². The van der Waals surface area contributed by atoms with Gasteiger partial charge in [-0.15, -0.1) is 0 Å². The van der Waals surface area contributed by atoms with Crippen molar-refractivity contribution in [2.75, 3.05) is 0 Å². The van der Waals surface area contributed by atoms with E-state index in [0.29, 0.717) is 34.5 Å². The van der Waals surface area contributed by atoms with Crippen molar-refractivity contribution in [1.29, 1.82) is 0 Å². The topological polar surface area (TPSA) is 107 Å². The molecule has 8 rings (SSSR count). The molecule has 60 heavy (non-hydrogen) atoms. The van der Waals surface area contributed by atoms with Gasteiger partial charge in [-0.1, -0.05) is 123 Å². The van der Waals surface area contributed by atoms with Gasteiger partial charge in [-0.25, -0.2) is 14.4 Å². The number of carbonyl (C=O) groups is 3. The molecule has 2 fully saturated rings. The van der Waals surface area contributed by atoms with Crippen LogP contribution in [-0.4, -0.2) is 18.5 Å². The van der Waals surface area contributed by atoms with Gasteiger partial charge in [0.25, 0.3) is 0 Å². The standard InChI is InChI=1S/C51H46O9/c52-47(55-41-13-5-1-6-14-41)57-43-25-17-37(18-26-43)50(33-9-3-10-34-50)39-21-29-45(30-22-39)59-49(54)60-46-31-23-40(24-32-46)51(35-11-4-12-36-51)38-19-27-44(28-20-38)58-48(53)56-42-15-7-2-8-16-42/h1-2,5-8,13-32H,3-4,9-12,33-36H2. The molecule has 0 atom stereocenters. The Bertz CT molecular complexity index is 2180. The second kappa shape index (κ2) is 18.4. The molecule has 0 amide bonds. The predicted octanol–water partition coefficient (Wildman–Crippen LogP) is 12.9. The molecule has 6 aromatic rings. The first-order valence-electron chi connectivity index (χ1n) is 20.6. The highest BCUT2D eigenvalue weighted by atomic mass is 16.7. The fourth-order valence-electron chi connectivity index (χ4n) is 8.78. The minimum Gasteiger partial charge on any atom is -0.395 e. The lowest BCUT2D eigenvalue weighted by molar-refractivity contribution is 0.150. The molecule has 6 aromatic carbocycles. The van der Waals surface area contributed by atoms with Gasteiger partial charge in [-0.05, 0) is 121 Å². The van der Waals surface area contributed by atoms with E-state index in [0.717, 1.165) is 73.6 Å². The van der Waals surface area contributed by atoms with Gasteiger partial charge in [0.05, 0.1) is 0 Å². The molecule has 0 N–H and O–H groups in total. The number of para-hydroxylation sites is 2. The normalized spacial score (nSPS) is 15.5. The van der Waals surface area contributed by atoms with Gasteiger partial charge < -0.3 is 28.4 Å². The van der Waals surface area contributed by atoms with Crippen molar-refractivity contribution in [2.24, 2.45) is 0 Å². The average Bonchev–Trinajstić information content (AvgIpc) is 3.28. The number of benzene rings is 6. The van der Waals surface area contributed by atoms with Crippen LogP contribution >= 0.6 is 0 Å². The molecule has 304 valence electrons. The van der Waals surface area contributed by atoms with Crippen LogP contribution in [0.2, 0.25) is 0 Å². The monoisotopic (exact) mass is 802 g/mol. The summed E-state index contributed by atoms with van der Waals surface area (Å²) in [4.78, 5) is 37.7. The zero-order valence-corrected chi connectivity index (χ0v) is 33.3. The van der Waals surface area contributed by atoms with Crippen molar-refractivity contribution < 1.29 is 42.8 Å². The Morgan fingerprint density at radius 2 is 0.500 bits per heavy atom. The predicted molar refractivity (Wildman–Crippen MR) is 226 cm³/mol. The van der Waals surface area contributed by atoms with Crippen LogP contribution in [0, 0.1) is 0 Å². The van der Waals surface area contributed by atoms with E-state index >= 15 is 0 Å². The maximum absolute atomic E-state index is 13.0. The van der Waals surface area contributed by atoms with E-state index in [1.165, 1.54) is 12.8 Å². The summed E-state index contributed by atoms with van der Waals surface area (Å²) in [5.41, 5.74) is 4.04. The summed E-state index contributed by atoms with van der Waals surface area (Å²) >= 11 is 0. The largest absolute Gasteiger partial charge is 0.519 e. The molecular weight excluding hydrogens is 757 g/mol. The third-order valence-corrected chi connectivity index (χ3v) is 11.7. The first-order valence-corrected chi connectivity index (χ1v) is 20.6. The van der Waals surface area contributed by atoms with Crippen molar-refractivity contribution in [1.82, 2.24) is 0 Å². The van der Waals surface area contributed by atoms with Crippen molar-refractivity contribution >= 4 is 18.5 Å². The molecule has 2 aliphatic rings. The van der Waals surface area contributed by atoms with E-state index in [1.807, 2.05) is 84.9 Å². The van der Waals surface area contributed by atoms with Crippen LogP contribution in [0.25, 0.3) is 0 Å². The molecule has 2 saturated carbocycles. The van der Waals surface area contributed by atoms with Crippen LogP contribution in [0.5, 0.6) is 34.5 Å². The zero-order chi connectivity index (χ0) is 41.2. The minimum absolute atomic E-state index is 0.232. The minimum atomic E-state index is -0.821. The van der Waals surface area contributed by atoms with Crippen molar-refractivity contribution in [3.8, 4) is 34.5 Å². The molecule has 0 heterocycles. The molecule has 0 unspecified atom stereocenters. The smallest absolute Gasteiger partial charge is 0.395 e. The van der Waals surface area contributed by atoms with Gasteiger partial charge in [0, 0.05) is 10.8 Å². The fraction of sp³-hybridized carbons (Fsp3) is 0.235. The van der Waals surface area contributed by atoms with Crippen molar-refractivity contribution in [2.45, 2.75) is 75.0 Å². The Labute approximate surface area is 349 Å². The molecule has 0 saturated heterocycles. The molecule has 0 aromatic heterocycles. The van der Waals surface area contributed by atoms with Crippen LogP contribution in [-0.2, 0) is 10.8 Å². The molecule has 2 aliphatic carbocycles. The van der Waals surface area contributed by atoms with Crippen LogP contribution in [0.15, 0.2) is 158 Å². The van der Waals surface area contributed by atoms with Crippen LogP contribution in [0.1, 0.15) is 86.5 Å². The Morgan fingerprint density at radius 3 is 0.733 bits per heavy atom.